The van der Waals surface area contributed by atoms with Crippen molar-refractivity contribution >= 4 is 44.9 Å². The Labute approximate surface area is 148 Å². The van der Waals surface area contributed by atoms with Crippen LogP contribution in [-0.2, 0) is 4.79 Å². The molecule has 0 saturated heterocycles. The third-order valence-corrected chi connectivity index (χ3v) is 5.44. The molecular formula is C18H17FN2OS2. The number of thiazole rings is 1. The molecule has 1 amide bonds. The Morgan fingerprint density at radius 2 is 2.04 bits per heavy atom. The van der Waals surface area contributed by atoms with Crippen molar-refractivity contribution in [3.63, 3.8) is 0 Å². The molecule has 3 rings (SSSR count). The Bertz CT molecular complexity index is 846. The van der Waals surface area contributed by atoms with Gasteiger partial charge >= 0.3 is 0 Å². The van der Waals surface area contributed by atoms with Crippen LogP contribution in [-0.4, -0.2) is 16.6 Å². The van der Waals surface area contributed by atoms with Crippen LogP contribution in [0.25, 0.3) is 10.2 Å². The maximum atomic E-state index is 12.8. The van der Waals surface area contributed by atoms with Gasteiger partial charge in [0.1, 0.15) is 5.82 Å². The van der Waals surface area contributed by atoms with E-state index in [9.17, 15) is 9.18 Å². The summed E-state index contributed by atoms with van der Waals surface area (Å²) < 4.78 is 13.9. The van der Waals surface area contributed by atoms with Gasteiger partial charge in [0.2, 0.25) is 5.91 Å². The van der Waals surface area contributed by atoms with Gasteiger partial charge in [0, 0.05) is 17.0 Å². The number of anilines is 1. The predicted molar refractivity (Wildman–Crippen MR) is 99.3 cm³/mol. The molecule has 0 spiro atoms. The molecule has 124 valence electrons. The molecule has 24 heavy (non-hydrogen) atoms. The Balaban J connectivity index is 1.45. The van der Waals surface area contributed by atoms with E-state index in [0.29, 0.717) is 6.42 Å². The zero-order valence-corrected chi connectivity index (χ0v) is 14.8. The van der Waals surface area contributed by atoms with E-state index in [1.54, 1.807) is 35.2 Å². The highest BCUT2D eigenvalue weighted by Crippen LogP contribution is 2.25. The molecular weight excluding hydrogens is 343 g/mol. The number of aryl methyl sites for hydroxylation is 1. The molecule has 0 aliphatic heterocycles. The first-order valence-electron chi connectivity index (χ1n) is 7.65. The number of fused-ring (bicyclic) bond motifs is 1. The van der Waals surface area contributed by atoms with Gasteiger partial charge in [-0.3, -0.25) is 4.79 Å². The normalized spacial score (nSPS) is 10.9. The number of nitrogens with zero attached hydrogens (tertiary/aromatic N) is 1. The molecule has 0 saturated carbocycles. The lowest BCUT2D eigenvalue weighted by Gasteiger charge is -2.05. The first kappa shape index (κ1) is 16.9. The second-order valence-corrected chi connectivity index (χ2v) is 7.77. The lowest BCUT2D eigenvalue weighted by atomic mass is 10.2. The Hall–Kier alpha value is -1.92. The van der Waals surface area contributed by atoms with E-state index in [1.165, 1.54) is 12.1 Å². The lowest BCUT2D eigenvalue weighted by molar-refractivity contribution is -0.116. The molecule has 0 atom stereocenters. The first-order chi connectivity index (χ1) is 11.6. The van der Waals surface area contributed by atoms with Gasteiger partial charge in [-0.15, -0.1) is 23.1 Å². The Morgan fingerprint density at radius 1 is 1.25 bits per heavy atom. The summed E-state index contributed by atoms with van der Waals surface area (Å²) >= 11 is 3.25. The third kappa shape index (κ3) is 4.55. The number of nitrogens with one attached hydrogen (secondary N) is 1. The van der Waals surface area contributed by atoms with Gasteiger partial charge in [0.25, 0.3) is 0 Å². The summed E-state index contributed by atoms with van der Waals surface area (Å²) in [6.07, 6.45) is 1.24. The van der Waals surface area contributed by atoms with E-state index >= 15 is 0 Å². The fraction of sp³-hybridized carbons (Fsp3) is 0.222. The van der Waals surface area contributed by atoms with Crippen LogP contribution < -0.4 is 5.32 Å². The quantitative estimate of drug-likeness (QED) is 0.482. The maximum absolute atomic E-state index is 12.8. The summed E-state index contributed by atoms with van der Waals surface area (Å²) in [5.74, 6) is 0.605. The number of aromatic nitrogens is 1. The van der Waals surface area contributed by atoms with Gasteiger partial charge in [-0.05, 0) is 61.6 Å². The smallest absolute Gasteiger partial charge is 0.224 e. The maximum Gasteiger partial charge on any atom is 0.224 e. The van der Waals surface area contributed by atoms with E-state index < -0.39 is 0 Å². The van der Waals surface area contributed by atoms with Crippen LogP contribution in [0.5, 0.6) is 0 Å². The molecule has 6 heteroatoms. The van der Waals surface area contributed by atoms with Crippen molar-refractivity contribution in [2.75, 3.05) is 11.1 Å². The largest absolute Gasteiger partial charge is 0.326 e. The fourth-order valence-corrected chi connectivity index (χ4v) is 4.01. The van der Waals surface area contributed by atoms with Gasteiger partial charge in [-0.2, -0.15) is 0 Å². The van der Waals surface area contributed by atoms with E-state index in [2.05, 4.69) is 10.3 Å². The van der Waals surface area contributed by atoms with Crippen LogP contribution in [0, 0.1) is 12.7 Å². The van der Waals surface area contributed by atoms with E-state index in [-0.39, 0.29) is 11.7 Å². The van der Waals surface area contributed by atoms with Crippen molar-refractivity contribution < 1.29 is 9.18 Å². The number of rotatable bonds is 6. The molecule has 1 N–H and O–H groups in total. The van der Waals surface area contributed by atoms with Crippen molar-refractivity contribution in [2.45, 2.75) is 24.7 Å². The van der Waals surface area contributed by atoms with Crippen molar-refractivity contribution in [3.8, 4) is 0 Å². The summed E-state index contributed by atoms with van der Waals surface area (Å²) in [5.41, 5.74) is 1.77. The molecule has 0 unspecified atom stereocenters. The molecule has 3 nitrogen and oxygen atoms in total. The Morgan fingerprint density at radius 3 is 2.83 bits per heavy atom. The highest BCUT2D eigenvalue weighted by atomic mass is 32.2. The molecule has 1 aromatic heterocycles. The predicted octanol–water partition coefficient (Wildman–Crippen LogP) is 5.25. The zero-order chi connectivity index (χ0) is 16.9. The molecule has 0 bridgehead atoms. The number of carbonyl (C=O) groups is 1. The van der Waals surface area contributed by atoms with Gasteiger partial charge < -0.3 is 5.32 Å². The number of hydrogen-bond acceptors (Lipinski definition) is 4. The monoisotopic (exact) mass is 360 g/mol. The highest BCUT2D eigenvalue weighted by Gasteiger charge is 2.06. The van der Waals surface area contributed by atoms with E-state index in [0.717, 1.165) is 38.0 Å². The number of halogens is 1. The summed E-state index contributed by atoms with van der Waals surface area (Å²) in [6.45, 7) is 1.97. The van der Waals surface area contributed by atoms with Crippen LogP contribution in [0.15, 0.2) is 47.4 Å². The Kier molecular flexibility index (Phi) is 5.48. The van der Waals surface area contributed by atoms with Crippen LogP contribution in [0.3, 0.4) is 0 Å². The van der Waals surface area contributed by atoms with Gasteiger partial charge in [0.05, 0.1) is 15.2 Å². The number of benzene rings is 2. The minimum absolute atomic E-state index is 0.00953. The number of carbonyl (C=O) groups excluding carboxylic acids is 1. The summed E-state index contributed by atoms with van der Waals surface area (Å²) in [7, 11) is 0. The third-order valence-electron chi connectivity index (χ3n) is 3.41. The second kappa shape index (κ2) is 7.77. The first-order valence-corrected chi connectivity index (χ1v) is 9.46. The molecule has 0 fully saturated rings. The van der Waals surface area contributed by atoms with E-state index in [4.69, 9.17) is 0 Å². The summed E-state index contributed by atoms with van der Waals surface area (Å²) in [5, 5.41) is 3.95. The highest BCUT2D eigenvalue weighted by molar-refractivity contribution is 7.99. The van der Waals surface area contributed by atoms with Crippen molar-refractivity contribution in [3.05, 3.63) is 53.3 Å². The van der Waals surface area contributed by atoms with Crippen molar-refractivity contribution in [1.29, 1.82) is 0 Å². The molecule has 1 heterocycles. The standard InChI is InChI=1S/C18H17FN2OS2/c1-12-20-16-9-6-14(11-17(16)24-12)21-18(22)3-2-10-23-15-7-4-13(19)5-8-15/h4-9,11H,2-3,10H2,1H3,(H,21,22). The number of amides is 1. The van der Waals surface area contributed by atoms with Crippen LogP contribution in [0.2, 0.25) is 0 Å². The molecule has 3 aromatic rings. The molecule has 0 radical (unpaired) electrons. The van der Waals surface area contributed by atoms with Gasteiger partial charge in [-0.1, -0.05) is 0 Å². The lowest BCUT2D eigenvalue weighted by Crippen LogP contribution is -2.11. The molecule has 2 aromatic carbocycles. The van der Waals surface area contributed by atoms with Crippen molar-refractivity contribution in [1.82, 2.24) is 4.98 Å². The van der Waals surface area contributed by atoms with Gasteiger partial charge in [0.15, 0.2) is 0 Å². The van der Waals surface area contributed by atoms with Crippen LogP contribution >= 0.6 is 23.1 Å². The topological polar surface area (TPSA) is 42.0 Å². The average Bonchev–Trinajstić information content (AvgIpc) is 2.92. The van der Waals surface area contributed by atoms with E-state index in [1.807, 2.05) is 25.1 Å². The van der Waals surface area contributed by atoms with Crippen molar-refractivity contribution in [2.24, 2.45) is 0 Å². The number of hydrogen-bond donors (Lipinski definition) is 1. The second-order valence-electron chi connectivity index (χ2n) is 5.37. The van der Waals surface area contributed by atoms with Crippen LogP contribution in [0.4, 0.5) is 10.1 Å². The minimum Gasteiger partial charge on any atom is -0.326 e. The van der Waals surface area contributed by atoms with Gasteiger partial charge in [-0.25, -0.2) is 9.37 Å². The summed E-state index contributed by atoms with van der Waals surface area (Å²) in [4.78, 5) is 17.5. The molecule has 0 aliphatic carbocycles. The molecule has 0 aliphatic rings. The SMILES string of the molecule is Cc1nc2ccc(NC(=O)CCCSc3ccc(F)cc3)cc2s1. The summed E-state index contributed by atoms with van der Waals surface area (Å²) in [6, 6.07) is 12.2. The fourth-order valence-electron chi connectivity index (χ4n) is 2.29. The number of thioether (sulfide) groups is 1. The minimum atomic E-state index is -0.230. The zero-order valence-electron chi connectivity index (χ0n) is 13.2. The average molecular weight is 360 g/mol. The van der Waals surface area contributed by atoms with Crippen LogP contribution in [0.1, 0.15) is 17.8 Å².